The highest BCUT2D eigenvalue weighted by Gasteiger charge is 2.24. The van der Waals surface area contributed by atoms with Gasteiger partial charge in [-0.25, -0.2) is 0 Å². The second-order valence-corrected chi connectivity index (χ2v) is 6.35. The van der Waals surface area contributed by atoms with Crippen LogP contribution >= 0.6 is 11.8 Å². The molecule has 2 aliphatic heterocycles. The van der Waals surface area contributed by atoms with Crippen molar-refractivity contribution in [2.75, 3.05) is 24.6 Å². The molecule has 0 saturated carbocycles. The van der Waals surface area contributed by atoms with Gasteiger partial charge in [0.2, 0.25) is 5.91 Å². The van der Waals surface area contributed by atoms with Crippen LogP contribution in [0.3, 0.4) is 0 Å². The average Bonchev–Trinajstić information content (AvgIpc) is 2.38. The van der Waals surface area contributed by atoms with Crippen molar-refractivity contribution in [3.63, 3.8) is 0 Å². The van der Waals surface area contributed by atoms with Gasteiger partial charge in [-0.2, -0.15) is 11.8 Å². The molecule has 98 valence electrons. The van der Waals surface area contributed by atoms with Gasteiger partial charge in [0, 0.05) is 36.6 Å². The molecule has 0 aliphatic carbocycles. The predicted molar refractivity (Wildman–Crippen MR) is 73.4 cm³/mol. The smallest absolute Gasteiger partial charge is 0.222 e. The summed E-state index contributed by atoms with van der Waals surface area (Å²) in [5.41, 5.74) is 0. The van der Waals surface area contributed by atoms with Crippen LogP contribution in [0.25, 0.3) is 0 Å². The molecule has 1 N–H and O–H groups in total. The standard InChI is InChI=1S/C13H24N2OS/c1-11-10-17-9-8-15(11)13(16)6-5-12-4-2-3-7-14-12/h11-12,14H,2-10H2,1H3. The fourth-order valence-corrected chi connectivity index (χ4v) is 3.72. The van der Waals surface area contributed by atoms with E-state index in [1.807, 2.05) is 11.8 Å². The molecule has 0 aromatic carbocycles. The predicted octanol–water partition coefficient (Wildman–Crippen LogP) is 1.87. The topological polar surface area (TPSA) is 32.3 Å². The van der Waals surface area contributed by atoms with Crippen LogP contribution in [-0.4, -0.2) is 47.5 Å². The minimum Gasteiger partial charge on any atom is -0.338 e. The van der Waals surface area contributed by atoms with E-state index in [0.717, 1.165) is 37.4 Å². The number of nitrogens with one attached hydrogen (secondary N) is 1. The number of hydrogen-bond donors (Lipinski definition) is 1. The van der Waals surface area contributed by atoms with E-state index < -0.39 is 0 Å². The summed E-state index contributed by atoms with van der Waals surface area (Å²) in [6.45, 7) is 4.25. The molecule has 2 rings (SSSR count). The third-order valence-electron chi connectivity index (χ3n) is 3.81. The summed E-state index contributed by atoms with van der Waals surface area (Å²) >= 11 is 1.96. The van der Waals surface area contributed by atoms with Crippen molar-refractivity contribution in [2.24, 2.45) is 0 Å². The molecule has 0 bridgehead atoms. The van der Waals surface area contributed by atoms with E-state index in [0.29, 0.717) is 18.0 Å². The van der Waals surface area contributed by atoms with Gasteiger partial charge in [-0.3, -0.25) is 4.79 Å². The summed E-state index contributed by atoms with van der Waals surface area (Å²) in [5, 5.41) is 3.51. The van der Waals surface area contributed by atoms with Gasteiger partial charge in [-0.05, 0) is 32.7 Å². The van der Waals surface area contributed by atoms with Crippen molar-refractivity contribution in [2.45, 2.75) is 51.1 Å². The minimum atomic E-state index is 0.366. The molecule has 0 aromatic heterocycles. The number of nitrogens with zero attached hydrogens (tertiary/aromatic N) is 1. The number of amides is 1. The zero-order valence-electron chi connectivity index (χ0n) is 10.8. The quantitative estimate of drug-likeness (QED) is 0.837. The Morgan fingerprint density at radius 1 is 1.47 bits per heavy atom. The summed E-state index contributed by atoms with van der Waals surface area (Å²) in [4.78, 5) is 14.2. The summed E-state index contributed by atoms with van der Waals surface area (Å²) < 4.78 is 0. The highest BCUT2D eigenvalue weighted by Crippen LogP contribution is 2.18. The van der Waals surface area contributed by atoms with Crippen LogP contribution in [0.15, 0.2) is 0 Å². The lowest BCUT2D eigenvalue weighted by atomic mass is 10.00. The van der Waals surface area contributed by atoms with E-state index in [1.165, 1.54) is 19.3 Å². The van der Waals surface area contributed by atoms with Crippen LogP contribution in [0.4, 0.5) is 0 Å². The lowest BCUT2D eigenvalue weighted by Crippen LogP contribution is -2.45. The van der Waals surface area contributed by atoms with Crippen molar-refractivity contribution >= 4 is 17.7 Å². The molecule has 2 saturated heterocycles. The van der Waals surface area contributed by atoms with Crippen LogP contribution in [0.1, 0.15) is 39.0 Å². The molecule has 2 fully saturated rings. The first-order valence-corrected chi connectivity index (χ1v) is 8.03. The monoisotopic (exact) mass is 256 g/mol. The van der Waals surface area contributed by atoms with E-state index in [9.17, 15) is 4.79 Å². The molecule has 2 heterocycles. The molecular weight excluding hydrogens is 232 g/mol. The van der Waals surface area contributed by atoms with Gasteiger partial charge in [0.05, 0.1) is 0 Å². The van der Waals surface area contributed by atoms with Crippen LogP contribution in [0.2, 0.25) is 0 Å². The van der Waals surface area contributed by atoms with Gasteiger partial charge in [-0.15, -0.1) is 0 Å². The highest BCUT2D eigenvalue weighted by atomic mass is 32.2. The maximum Gasteiger partial charge on any atom is 0.222 e. The summed E-state index contributed by atoms with van der Waals surface area (Å²) in [6, 6.07) is 1.02. The molecule has 0 spiro atoms. The first-order valence-electron chi connectivity index (χ1n) is 6.88. The molecule has 1 amide bonds. The second-order valence-electron chi connectivity index (χ2n) is 5.20. The van der Waals surface area contributed by atoms with Crippen molar-refractivity contribution < 1.29 is 4.79 Å². The van der Waals surface area contributed by atoms with E-state index in [4.69, 9.17) is 0 Å². The summed E-state index contributed by atoms with van der Waals surface area (Å²) in [7, 11) is 0. The molecular formula is C13H24N2OS. The maximum absolute atomic E-state index is 12.1. The maximum atomic E-state index is 12.1. The number of carbonyl (C=O) groups is 1. The van der Waals surface area contributed by atoms with E-state index in [2.05, 4.69) is 17.1 Å². The molecule has 0 radical (unpaired) electrons. The number of piperidine rings is 1. The first-order chi connectivity index (χ1) is 8.27. The van der Waals surface area contributed by atoms with Gasteiger partial charge in [0.15, 0.2) is 0 Å². The molecule has 4 heteroatoms. The minimum absolute atomic E-state index is 0.366. The van der Waals surface area contributed by atoms with Crippen LogP contribution in [0, 0.1) is 0 Å². The average molecular weight is 256 g/mol. The first kappa shape index (κ1) is 13.2. The Bertz CT molecular complexity index is 254. The van der Waals surface area contributed by atoms with E-state index in [-0.39, 0.29) is 0 Å². The molecule has 2 unspecified atom stereocenters. The SMILES string of the molecule is CC1CSCCN1C(=O)CCC1CCCCN1. The number of carbonyl (C=O) groups excluding carboxylic acids is 1. The molecule has 3 nitrogen and oxygen atoms in total. The second kappa shape index (κ2) is 6.64. The summed E-state index contributed by atoms with van der Waals surface area (Å²) in [5.74, 6) is 2.58. The van der Waals surface area contributed by atoms with Crippen LogP contribution in [-0.2, 0) is 4.79 Å². The lowest BCUT2D eigenvalue weighted by Gasteiger charge is -2.33. The van der Waals surface area contributed by atoms with Crippen molar-refractivity contribution in [3.8, 4) is 0 Å². The van der Waals surface area contributed by atoms with Gasteiger partial charge in [0.1, 0.15) is 0 Å². The molecule has 2 atom stereocenters. The molecule has 0 aromatic rings. The molecule has 2 aliphatic rings. The molecule has 17 heavy (non-hydrogen) atoms. The van der Waals surface area contributed by atoms with Crippen molar-refractivity contribution in [1.29, 1.82) is 0 Å². The van der Waals surface area contributed by atoms with Crippen molar-refractivity contribution in [3.05, 3.63) is 0 Å². The van der Waals surface area contributed by atoms with Gasteiger partial charge in [0.25, 0.3) is 0 Å². The Kier molecular flexibility index (Phi) is 5.16. The fraction of sp³-hybridized carbons (Fsp3) is 0.923. The van der Waals surface area contributed by atoms with Gasteiger partial charge in [-0.1, -0.05) is 6.42 Å². The number of hydrogen-bond acceptors (Lipinski definition) is 3. The van der Waals surface area contributed by atoms with E-state index >= 15 is 0 Å². The normalized spacial score (nSPS) is 30.3. The van der Waals surface area contributed by atoms with Crippen LogP contribution < -0.4 is 5.32 Å². The number of thioether (sulfide) groups is 1. The lowest BCUT2D eigenvalue weighted by molar-refractivity contribution is -0.132. The third-order valence-corrected chi connectivity index (χ3v) is 5.00. The Balaban J connectivity index is 1.72. The van der Waals surface area contributed by atoms with Gasteiger partial charge >= 0.3 is 0 Å². The zero-order chi connectivity index (χ0) is 12.1. The largest absolute Gasteiger partial charge is 0.338 e. The Morgan fingerprint density at radius 3 is 3.06 bits per heavy atom. The zero-order valence-corrected chi connectivity index (χ0v) is 11.6. The van der Waals surface area contributed by atoms with Crippen molar-refractivity contribution in [1.82, 2.24) is 10.2 Å². The number of rotatable bonds is 3. The Morgan fingerprint density at radius 2 is 2.35 bits per heavy atom. The van der Waals surface area contributed by atoms with E-state index in [1.54, 1.807) is 0 Å². The Hall–Kier alpha value is -0.220. The van der Waals surface area contributed by atoms with Crippen LogP contribution in [0.5, 0.6) is 0 Å². The fourth-order valence-electron chi connectivity index (χ4n) is 2.71. The summed E-state index contributed by atoms with van der Waals surface area (Å²) in [6.07, 6.45) is 5.62. The third kappa shape index (κ3) is 3.88. The highest BCUT2D eigenvalue weighted by molar-refractivity contribution is 7.99. The Labute approximate surface area is 109 Å². The van der Waals surface area contributed by atoms with Gasteiger partial charge < -0.3 is 10.2 Å².